The number of rotatable bonds is 0. The van der Waals surface area contributed by atoms with Gasteiger partial charge >= 0.3 is 0 Å². The minimum Gasteiger partial charge on any atom is -0.0776 e. The molecule has 0 atom stereocenters. The van der Waals surface area contributed by atoms with E-state index in [1.807, 2.05) is 36.4 Å². The van der Waals surface area contributed by atoms with Crippen molar-refractivity contribution in [1.29, 1.82) is 0 Å². The van der Waals surface area contributed by atoms with Crippen LogP contribution in [-0.2, 0) is 0 Å². The molecule has 0 heterocycles. The maximum atomic E-state index is 2.17. The van der Waals surface area contributed by atoms with Gasteiger partial charge in [-0.05, 0) is 11.8 Å². The molecule has 1 aromatic carbocycles. The first-order valence-electron chi connectivity index (χ1n) is 5.46. The van der Waals surface area contributed by atoms with Crippen LogP contribution in [0.4, 0.5) is 0 Å². The highest BCUT2D eigenvalue weighted by Gasteiger charge is 1.68. The van der Waals surface area contributed by atoms with Crippen LogP contribution in [0.3, 0.4) is 0 Å². The minimum atomic E-state index is 0. The first kappa shape index (κ1) is 19.7. The first-order valence-corrected chi connectivity index (χ1v) is 5.46. The van der Waals surface area contributed by atoms with Gasteiger partial charge in [-0.3, -0.25) is 0 Å². The summed E-state index contributed by atoms with van der Waals surface area (Å²) in [6, 6.07) is 12.0. The van der Waals surface area contributed by atoms with Crippen molar-refractivity contribution in [3.8, 4) is 0 Å². The molecule has 0 aromatic heterocycles. The molecular formula is C15H30. The molecule has 0 bridgehead atoms. The molecule has 0 fully saturated rings. The van der Waals surface area contributed by atoms with Crippen LogP contribution in [0.15, 0.2) is 36.4 Å². The number of hydrogen-bond acceptors (Lipinski definition) is 0. The Kier molecular flexibility index (Phi) is 20.6. The third-order valence-corrected chi connectivity index (χ3v) is 0.667. The largest absolute Gasteiger partial charge is 0.0776 e. The SMILES string of the molecule is C.CC(C)C.CC(C)C.c1ccccc1. The van der Waals surface area contributed by atoms with Crippen LogP contribution in [0.1, 0.15) is 49.0 Å². The quantitative estimate of drug-likeness (QED) is 0.519. The smallest absolute Gasteiger partial charge is 0.0500 e. The lowest BCUT2D eigenvalue weighted by Gasteiger charge is -1.79. The van der Waals surface area contributed by atoms with Crippen LogP contribution in [-0.4, -0.2) is 0 Å². The Bertz CT molecular complexity index is 124. The average molecular weight is 210 g/mol. The molecule has 0 radical (unpaired) electrons. The zero-order valence-electron chi connectivity index (χ0n) is 10.6. The summed E-state index contributed by atoms with van der Waals surface area (Å²) in [6.45, 7) is 13.0. The van der Waals surface area contributed by atoms with E-state index in [4.69, 9.17) is 0 Å². The Morgan fingerprint density at radius 1 is 0.467 bits per heavy atom. The van der Waals surface area contributed by atoms with Crippen molar-refractivity contribution < 1.29 is 0 Å². The summed E-state index contributed by atoms with van der Waals surface area (Å²) in [6.07, 6.45) is 0. The molecule has 0 aliphatic heterocycles. The van der Waals surface area contributed by atoms with E-state index >= 15 is 0 Å². The Balaban J connectivity index is -0.000000145. The van der Waals surface area contributed by atoms with Gasteiger partial charge in [0.15, 0.2) is 0 Å². The van der Waals surface area contributed by atoms with Gasteiger partial charge in [0.25, 0.3) is 0 Å². The van der Waals surface area contributed by atoms with Crippen molar-refractivity contribution in [2.24, 2.45) is 11.8 Å². The molecule has 1 aromatic rings. The molecule has 1 rings (SSSR count). The number of benzene rings is 1. The van der Waals surface area contributed by atoms with E-state index in [2.05, 4.69) is 41.5 Å². The third-order valence-electron chi connectivity index (χ3n) is 0.667. The molecular weight excluding hydrogens is 180 g/mol. The van der Waals surface area contributed by atoms with Crippen LogP contribution in [0.2, 0.25) is 0 Å². The second-order valence-corrected chi connectivity index (χ2v) is 4.62. The topological polar surface area (TPSA) is 0 Å². The fraction of sp³-hybridized carbons (Fsp3) is 0.600. The molecule has 0 saturated heterocycles. The van der Waals surface area contributed by atoms with E-state index in [-0.39, 0.29) is 7.43 Å². The summed E-state index contributed by atoms with van der Waals surface area (Å²) >= 11 is 0. The van der Waals surface area contributed by atoms with Crippen molar-refractivity contribution in [3.05, 3.63) is 36.4 Å². The zero-order chi connectivity index (χ0) is 11.4. The summed E-state index contributed by atoms with van der Waals surface area (Å²) in [5.41, 5.74) is 0. The fourth-order valence-corrected chi connectivity index (χ4v) is 0.385. The third kappa shape index (κ3) is 61.1. The molecule has 0 unspecified atom stereocenters. The van der Waals surface area contributed by atoms with Crippen LogP contribution < -0.4 is 0 Å². The van der Waals surface area contributed by atoms with E-state index in [1.54, 1.807) is 0 Å². The van der Waals surface area contributed by atoms with Crippen LogP contribution in [0.25, 0.3) is 0 Å². The zero-order valence-corrected chi connectivity index (χ0v) is 10.6. The molecule has 0 nitrogen and oxygen atoms in total. The Labute approximate surface area is 97.7 Å². The molecule has 15 heavy (non-hydrogen) atoms. The summed E-state index contributed by atoms with van der Waals surface area (Å²) in [4.78, 5) is 0. The molecule has 0 N–H and O–H groups in total. The predicted octanol–water partition coefficient (Wildman–Crippen LogP) is 5.65. The van der Waals surface area contributed by atoms with Crippen LogP contribution >= 0.6 is 0 Å². The van der Waals surface area contributed by atoms with Gasteiger partial charge in [-0.15, -0.1) is 0 Å². The lowest BCUT2D eigenvalue weighted by molar-refractivity contribution is 0.736. The predicted molar refractivity (Wildman–Crippen MR) is 74.2 cm³/mol. The second kappa shape index (κ2) is 15.7. The molecule has 0 amide bonds. The maximum absolute atomic E-state index is 2.17. The minimum absolute atomic E-state index is 0. The normalized spacial score (nSPS) is 8.00. The lowest BCUT2D eigenvalue weighted by Crippen LogP contribution is -1.66. The van der Waals surface area contributed by atoms with Crippen LogP contribution in [0.5, 0.6) is 0 Å². The molecule has 0 aliphatic rings. The highest BCUT2D eigenvalue weighted by molar-refractivity contribution is 4.99. The molecule has 0 saturated carbocycles. The van der Waals surface area contributed by atoms with Crippen molar-refractivity contribution in [1.82, 2.24) is 0 Å². The van der Waals surface area contributed by atoms with Crippen molar-refractivity contribution in [2.45, 2.75) is 49.0 Å². The molecule has 0 heteroatoms. The highest BCUT2D eigenvalue weighted by Crippen LogP contribution is 1.81. The molecule has 90 valence electrons. The van der Waals surface area contributed by atoms with Crippen LogP contribution in [0, 0.1) is 11.8 Å². The standard InChI is InChI=1S/C6H6.2C4H10.CH4/c1-2-4-6-5-3-1;2*1-4(2)3;/h1-6H;2*4H,1-3H3;1H4. The van der Waals surface area contributed by atoms with Gasteiger partial charge in [0, 0.05) is 0 Å². The molecule has 0 aliphatic carbocycles. The summed E-state index contributed by atoms with van der Waals surface area (Å²) in [5, 5.41) is 0. The van der Waals surface area contributed by atoms with Gasteiger partial charge in [0.2, 0.25) is 0 Å². The van der Waals surface area contributed by atoms with Crippen molar-refractivity contribution >= 4 is 0 Å². The Morgan fingerprint density at radius 3 is 0.600 bits per heavy atom. The average Bonchev–Trinajstić information content (AvgIpc) is 2.05. The summed E-state index contributed by atoms with van der Waals surface area (Å²) in [7, 11) is 0. The first-order chi connectivity index (χ1) is 6.46. The lowest BCUT2D eigenvalue weighted by atomic mass is 10.3. The van der Waals surface area contributed by atoms with E-state index in [0.717, 1.165) is 11.8 Å². The van der Waals surface area contributed by atoms with Gasteiger partial charge in [0.1, 0.15) is 0 Å². The summed E-state index contributed by atoms with van der Waals surface area (Å²) < 4.78 is 0. The van der Waals surface area contributed by atoms with E-state index < -0.39 is 0 Å². The van der Waals surface area contributed by atoms with Gasteiger partial charge in [-0.25, -0.2) is 0 Å². The van der Waals surface area contributed by atoms with E-state index in [1.165, 1.54) is 0 Å². The van der Waals surface area contributed by atoms with Crippen molar-refractivity contribution in [2.75, 3.05) is 0 Å². The highest BCUT2D eigenvalue weighted by atomic mass is 13.7. The molecule has 0 spiro atoms. The second-order valence-electron chi connectivity index (χ2n) is 4.62. The Morgan fingerprint density at radius 2 is 0.533 bits per heavy atom. The maximum Gasteiger partial charge on any atom is -0.0500 e. The summed E-state index contributed by atoms with van der Waals surface area (Å²) in [5.74, 6) is 1.67. The number of hydrogen-bond donors (Lipinski definition) is 0. The monoisotopic (exact) mass is 210 g/mol. The van der Waals surface area contributed by atoms with Crippen molar-refractivity contribution in [3.63, 3.8) is 0 Å². The Hall–Kier alpha value is -0.780. The van der Waals surface area contributed by atoms with Gasteiger partial charge in [-0.1, -0.05) is 85.4 Å². The fourth-order valence-electron chi connectivity index (χ4n) is 0.385. The van der Waals surface area contributed by atoms with E-state index in [0.29, 0.717) is 0 Å². The van der Waals surface area contributed by atoms with Gasteiger partial charge < -0.3 is 0 Å². The van der Waals surface area contributed by atoms with Gasteiger partial charge in [0.05, 0.1) is 0 Å². The van der Waals surface area contributed by atoms with E-state index in [9.17, 15) is 0 Å². The van der Waals surface area contributed by atoms with Gasteiger partial charge in [-0.2, -0.15) is 0 Å².